The molecule has 112 valence electrons. The number of hydrogen-bond acceptors (Lipinski definition) is 3. The first-order valence-electron chi connectivity index (χ1n) is 7.20. The largest absolute Gasteiger partial charge is 0.369 e. The molecule has 0 bridgehead atoms. The standard InChI is InChI=1S/C15H16F2N2O2/c1-2-8-11(16)9-10(15(21)18-14(9)20)12(17)13(8)19-6-4-3-5-7-19/h2-7H2,1H3,(H,18,20,21). The Bertz CT molecular complexity index is 637. The van der Waals surface area contributed by atoms with E-state index in [4.69, 9.17) is 0 Å². The van der Waals surface area contributed by atoms with Crippen LogP contribution in [0.25, 0.3) is 0 Å². The first-order chi connectivity index (χ1) is 10.1. The van der Waals surface area contributed by atoms with Crippen LogP contribution in [0.15, 0.2) is 0 Å². The minimum atomic E-state index is -0.855. The average Bonchev–Trinajstić information content (AvgIpc) is 2.78. The molecule has 1 saturated heterocycles. The second kappa shape index (κ2) is 5.09. The van der Waals surface area contributed by atoms with Crippen molar-refractivity contribution >= 4 is 17.5 Å². The number of benzene rings is 1. The zero-order valence-electron chi connectivity index (χ0n) is 11.8. The van der Waals surface area contributed by atoms with Gasteiger partial charge in [-0.25, -0.2) is 8.78 Å². The van der Waals surface area contributed by atoms with Gasteiger partial charge in [0.15, 0.2) is 5.82 Å². The van der Waals surface area contributed by atoms with Crippen molar-refractivity contribution in [1.29, 1.82) is 0 Å². The summed E-state index contributed by atoms with van der Waals surface area (Å²) in [5.41, 5.74) is -0.568. The molecule has 0 aromatic heterocycles. The molecular formula is C15H16F2N2O2. The van der Waals surface area contributed by atoms with E-state index in [-0.39, 0.29) is 17.7 Å². The van der Waals surface area contributed by atoms with Crippen molar-refractivity contribution in [3.8, 4) is 0 Å². The lowest BCUT2D eigenvalue weighted by atomic mass is 9.97. The van der Waals surface area contributed by atoms with E-state index < -0.39 is 34.6 Å². The van der Waals surface area contributed by atoms with Crippen molar-refractivity contribution in [3.63, 3.8) is 0 Å². The molecule has 6 heteroatoms. The summed E-state index contributed by atoms with van der Waals surface area (Å²) in [6.45, 7) is 2.99. The van der Waals surface area contributed by atoms with Crippen molar-refractivity contribution in [2.24, 2.45) is 0 Å². The number of carbonyl (C=O) groups is 2. The van der Waals surface area contributed by atoms with E-state index in [0.29, 0.717) is 13.1 Å². The van der Waals surface area contributed by atoms with Crippen LogP contribution >= 0.6 is 0 Å². The fourth-order valence-corrected chi connectivity index (χ4v) is 3.15. The molecule has 2 aliphatic rings. The average molecular weight is 294 g/mol. The van der Waals surface area contributed by atoms with Gasteiger partial charge in [0.25, 0.3) is 11.8 Å². The zero-order valence-corrected chi connectivity index (χ0v) is 11.8. The normalized spacial score (nSPS) is 18.0. The van der Waals surface area contributed by atoms with Crippen molar-refractivity contribution in [1.82, 2.24) is 5.32 Å². The molecule has 0 spiro atoms. The van der Waals surface area contributed by atoms with Gasteiger partial charge in [-0.15, -0.1) is 0 Å². The van der Waals surface area contributed by atoms with E-state index in [2.05, 4.69) is 0 Å². The van der Waals surface area contributed by atoms with Crippen molar-refractivity contribution in [2.45, 2.75) is 32.6 Å². The maximum atomic E-state index is 14.8. The van der Waals surface area contributed by atoms with Gasteiger partial charge in [0.2, 0.25) is 0 Å². The molecule has 2 heterocycles. The van der Waals surface area contributed by atoms with Crippen molar-refractivity contribution in [3.05, 3.63) is 28.3 Å². The molecule has 0 unspecified atom stereocenters. The van der Waals surface area contributed by atoms with Crippen LogP contribution in [0.4, 0.5) is 14.5 Å². The van der Waals surface area contributed by atoms with Crippen LogP contribution in [-0.2, 0) is 6.42 Å². The van der Waals surface area contributed by atoms with E-state index in [1.807, 2.05) is 5.32 Å². The maximum Gasteiger partial charge on any atom is 0.262 e. The highest BCUT2D eigenvalue weighted by atomic mass is 19.1. The maximum absolute atomic E-state index is 14.8. The lowest BCUT2D eigenvalue weighted by Gasteiger charge is -2.31. The lowest BCUT2D eigenvalue weighted by molar-refractivity contribution is 0.0877. The predicted octanol–water partition coefficient (Wildman–Crippen LogP) is 2.40. The van der Waals surface area contributed by atoms with E-state index >= 15 is 0 Å². The van der Waals surface area contributed by atoms with E-state index in [0.717, 1.165) is 19.3 Å². The first-order valence-corrected chi connectivity index (χ1v) is 7.20. The summed E-state index contributed by atoms with van der Waals surface area (Å²) >= 11 is 0. The Labute approximate surface area is 121 Å². The van der Waals surface area contributed by atoms with Gasteiger partial charge in [0, 0.05) is 18.7 Å². The molecule has 2 amide bonds. The molecule has 1 N–H and O–H groups in total. The molecule has 4 nitrogen and oxygen atoms in total. The summed E-state index contributed by atoms with van der Waals surface area (Å²) in [4.78, 5) is 25.2. The highest BCUT2D eigenvalue weighted by Gasteiger charge is 2.38. The summed E-state index contributed by atoms with van der Waals surface area (Å²) in [7, 11) is 0. The number of halogens is 2. The molecule has 0 atom stereocenters. The van der Waals surface area contributed by atoms with Crippen molar-refractivity contribution in [2.75, 3.05) is 18.0 Å². The molecule has 21 heavy (non-hydrogen) atoms. The van der Waals surface area contributed by atoms with Gasteiger partial charge >= 0.3 is 0 Å². The highest BCUT2D eigenvalue weighted by Crippen LogP contribution is 2.36. The molecule has 2 aliphatic heterocycles. The van der Waals surface area contributed by atoms with Gasteiger partial charge in [0.05, 0.1) is 16.8 Å². The minimum Gasteiger partial charge on any atom is -0.369 e. The molecule has 3 rings (SSSR count). The topological polar surface area (TPSA) is 49.4 Å². The van der Waals surface area contributed by atoms with Gasteiger partial charge < -0.3 is 4.90 Å². The number of nitrogens with zero attached hydrogens (tertiary/aromatic N) is 1. The Kier molecular flexibility index (Phi) is 3.39. The third kappa shape index (κ3) is 2.01. The number of rotatable bonds is 2. The van der Waals surface area contributed by atoms with Gasteiger partial charge in [0.1, 0.15) is 5.82 Å². The third-order valence-electron chi connectivity index (χ3n) is 4.15. The van der Waals surface area contributed by atoms with Crippen LogP contribution in [0.3, 0.4) is 0 Å². The van der Waals surface area contributed by atoms with Gasteiger partial charge in [-0.3, -0.25) is 14.9 Å². The fourth-order valence-electron chi connectivity index (χ4n) is 3.15. The smallest absolute Gasteiger partial charge is 0.262 e. The van der Waals surface area contributed by atoms with Crippen LogP contribution in [0, 0.1) is 11.6 Å². The number of hydrogen-bond donors (Lipinski definition) is 1. The van der Waals surface area contributed by atoms with Gasteiger partial charge in [-0.2, -0.15) is 0 Å². The number of piperidine rings is 1. The molecule has 0 aliphatic carbocycles. The van der Waals surface area contributed by atoms with Gasteiger partial charge in [-0.05, 0) is 25.7 Å². The molecular weight excluding hydrogens is 278 g/mol. The number of amides is 2. The van der Waals surface area contributed by atoms with Crippen LogP contribution in [0.1, 0.15) is 52.5 Å². The molecule has 1 aromatic rings. The SMILES string of the molecule is CCc1c(F)c2c(c(F)c1N1CCCCC1)C(=O)NC2=O. The summed E-state index contributed by atoms with van der Waals surface area (Å²) < 4.78 is 29.4. The zero-order chi connectivity index (χ0) is 15.1. The lowest BCUT2D eigenvalue weighted by Crippen LogP contribution is -2.32. The molecule has 0 radical (unpaired) electrons. The van der Waals surface area contributed by atoms with Crippen LogP contribution in [0.2, 0.25) is 0 Å². The van der Waals surface area contributed by atoms with E-state index in [9.17, 15) is 18.4 Å². The van der Waals surface area contributed by atoms with E-state index in [1.165, 1.54) is 0 Å². The second-order valence-corrected chi connectivity index (χ2v) is 5.39. The monoisotopic (exact) mass is 294 g/mol. The fraction of sp³-hybridized carbons (Fsp3) is 0.467. The molecule has 0 saturated carbocycles. The molecule has 1 aromatic carbocycles. The summed E-state index contributed by atoms with van der Waals surface area (Å²) in [5, 5.41) is 1.97. The van der Waals surface area contributed by atoms with E-state index in [1.54, 1.807) is 11.8 Å². The number of fused-ring (bicyclic) bond motifs is 1. The van der Waals surface area contributed by atoms with Crippen LogP contribution in [-0.4, -0.2) is 24.9 Å². The molecule has 1 fully saturated rings. The Hall–Kier alpha value is -1.98. The number of imide groups is 1. The summed E-state index contributed by atoms with van der Waals surface area (Å²) in [5.74, 6) is -3.25. The number of nitrogens with one attached hydrogen (secondary N) is 1. The van der Waals surface area contributed by atoms with Crippen molar-refractivity contribution < 1.29 is 18.4 Å². The third-order valence-corrected chi connectivity index (χ3v) is 4.15. The Morgan fingerprint density at radius 2 is 1.57 bits per heavy atom. The van der Waals surface area contributed by atoms with Gasteiger partial charge in [-0.1, -0.05) is 6.92 Å². The quantitative estimate of drug-likeness (QED) is 0.852. The number of carbonyl (C=O) groups excluding carboxylic acids is 2. The Morgan fingerprint density at radius 1 is 1.00 bits per heavy atom. The highest BCUT2D eigenvalue weighted by molar-refractivity contribution is 6.22. The minimum absolute atomic E-state index is 0.151. The predicted molar refractivity (Wildman–Crippen MR) is 73.6 cm³/mol. The Balaban J connectivity index is 2.24. The van der Waals surface area contributed by atoms with Crippen LogP contribution in [0.5, 0.6) is 0 Å². The summed E-state index contributed by atoms with van der Waals surface area (Å²) in [6.07, 6.45) is 3.15. The van der Waals surface area contributed by atoms with Crippen LogP contribution < -0.4 is 10.2 Å². The first kappa shape index (κ1) is 14.0. The number of anilines is 1. The Morgan fingerprint density at radius 3 is 2.14 bits per heavy atom. The second-order valence-electron chi connectivity index (χ2n) is 5.39. The summed E-state index contributed by atoms with van der Waals surface area (Å²) in [6, 6.07) is 0.